The summed E-state index contributed by atoms with van der Waals surface area (Å²) >= 11 is 19.4. The number of rotatable bonds is 1. The van der Waals surface area contributed by atoms with E-state index in [2.05, 4.69) is 31.9 Å². The monoisotopic (exact) mass is 378 g/mol. The Morgan fingerprint density at radius 1 is 0.688 bits per heavy atom. The third-order valence-electron chi connectivity index (χ3n) is 2.18. The molecule has 16 heavy (non-hydrogen) atoms. The van der Waals surface area contributed by atoms with E-state index < -0.39 is 0 Å². The number of halogens is 4. The van der Waals surface area contributed by atoms with Crippen molar-refractivity contribution in [3.05, 3.63) is 55.4 Å². The fraction of sp³-hybridized carbons (Fsp3) is 0. The van der Waals surface area contributed by atoms with Crippen molar-refractivity contribution in [1.29, 1.82) is 0 Å². The lowest BCUT2D eigenvalue weighted by atomic mass is 10.1. The molecule has 0 saturated carbocycles. The van der Waals surface area contributed by atoms with Crippen LogP contribution in [-0.4, -0.2) is 0 Å². The first-order chi connectivity index (χ1) is 7.61. The number of hydrogen-bond acceptors (Lipinski definition) is 0. The molecule has 0 heterocycles. The summed E-state index contributed by atoms with van der Waals surface area (Å²) in [7, 11) is 0. The van der Waals surface area contributed by atoms with Gasteiger partial charge in [-0.1, -0.05) is 67.2 Å². The van der Waals surface area contributed by atoms with Gasteiger partial charge in [-0.2, -0.15) is 0 Å². The van der Waals surface area contributed by atoms with Gasteiger partial charge in [-0.15, -0.1) is 0 Å². The summed E-state index contributed by atoms with van der Waals surface area (Å²) in [5.74, 6) is 0. The van der Waals surface area contributed by atoms with Crippen LogP contribution in [0.4, 0.5) is 0 Å². The highest BCUT2D eigenvalue weighted by molar-refractivity contribution is 9.11. The molecule has 0 saturated heterocycles. The predicted molar refractivity (Wildman–Crippen MR) is 77.3 cm³/mol. The molecule has 0 bridgehead atoms. The Morgan fingerprint density at radius 3 is 1.38 bits per heavy atom. The number of hydrogen-bond donors (Lipinski definition) is 0. The lowest BCUT2D eigenvalue weighted by molar-refractivity contribution is 1.55. The van der Waals surface area contributed by atoms with Gasteiger partial charge < -0.3 is 0 Å². The van der Waals surface area contributed by atoms with Crippen molar-refractivity contribution in [1.82, 2.24) is 0 Å². The molecule has 0 aromatic heterocycles. The summed E-state index contributed by atoms with van der Waals surface area (Å²) in [6.07, 6.45) is 0. The van der Waals surface area contributed by atoms with E-state index >= 15 is 0 Å². The Balaban J connectivity index is 2.77. The molecule has 0 aliphatic carbocycles. The molecular weight excluding hydrogens is 375 g/mol. The first-order valence-electron chi connectivity index (χ1n) is 4.49. The molecule has 0 nitrogen and oxygen atoms in total. The van der Waals surface area contributed by atoms with Gasteiger partial charge in [-0.3, -0.25) is 0 Å². The quantitative estimate of drug-likeness (QED) is 0.553. The van der Waals surface area contributed by atoms with E-state index in [0.717, 1.165) is 20.1 Å². The minimum atomic E-state index is 0.670. The molecule has 2 aromatic rings. The average molecular weight is 381 g/mol. The second-order valence-electron chi connectivity index (χ2n) is 3.19. The van der Waals surface area contributed by atoms with Gasteiger partial charge in [0.05, 0.1) is 0 Å². The van der Waals surface area contributed by atoms with Crippen molar-refractivity contribution in [3.8, 4) is 11.1 Å². The summed E-state index contributed by atoms with van der Waals surface area (Å²) < 4.78 is 1.85. The Bertz CT molecular complexity index is 449. The summed E-state index contributed by atoms with van der Waals surface area (Å²) in [6.45, 7) is 0. The van der Waals surface area contributed by atoms with Gasteiger partial charge in [0.25, 0.3) is 0 Å². The standard InChI is InChI=1S/C12H6Br2Cl2/c13-7-3-1-5-9(15)11(7)12-8(14)4-2-6-10(12)16/h1-6H. The summed E-state index contributed by atoms with van der Waals surface area (Å²) in [4.78, 5) is 0. The highest BCUT2D eigenvalue weighted by atomic mass is 79.9. The van der Waals surface area contributed by atoms with Crippen molar-refractivity contribution in [2.45, 2.75) is 0 Å². The average Bonchev–Trinajstić information content (AvgIpc) is 2.21. The smallest absolute Gasteiger partial charge is 0.0496 e. The zero-order valence-corrected chi connectivity index (χ0v) is 12.7. The molecule has 0 amide bonds. The van der Waals surface area contributed by atoms with Crippen LogP contribution in [0.5, 0.6) is 0 Å². The van der Waals surface area contributed by atoms with Crippen molar-refractivity contribution in [2.24, 2.45) is 0 Å². The second kappa shape index (κ2) is 5.09. The molecule has 2 aromatic carbocycles. The second-order valence-corrected chi connectivity index (χ2v) is 5.72. The molecule has 82 valence electrons. The van der Waals surface area contributed by atoms with Crippen molar-refractivity contribution >= 4 is 55.1 Å². The third-order valence-corrected chi connectivity index (χ3v) is 4.13. The molecule has 0 radical (unpaired) electrons. The zero-order valence-electron chi connectivity index (χ0n) is 7.98. The molecule has 4 heteroatoms. The van der Waals surface area contributed by atoms with E-state index in [1.54, 1.807) is 0 Å². The van der Waals surface area contributed by atoms with Crippen LogP contribution >= 0.6 is 55.1 Å². The molecule has 0 aliphatic rings. The molecule has 0 fully saturated rings. The fourth-order valence-electron chi connectivity index (χ4n) is 1.47. The third kappa shape index (κ3) is 2.30. The van der Waals surface area contributed by atoms with E-state index in [1.807, 2.05) is 36.4 Å². The maximum Gasteiger partial charge on any atom is 0.0496 e. The molecule has 0 unspecified atom stereocenters. The van der Waals surface area contributed by atoms with E-state index in [-0.39, 0.29) is 0 Å². The molecule has 0 spiro atoms. The lowest BCUT2D eigenvalue weighted by Crippen LogP contribution is -1.85. The highest BCUT2D eigenvalue weighted by Gasteiger charge is 2.13. The zero-order chi connectivity index (χ0) is 11.7. The maximum absolute atomic E-state index is 6.20. The Labute approximate surface area is 121 Å². The highest BCUT2D eigenvalue weighted by Crippen LogP contribution is 2.42. The van der Waals surface area contributed by atoms with Gasteiger partial charge in [0.2, 0.25) is 0 Å². The number of benzene rings is 2. The molecule has 0 N–H and O–H groups in total. The summed E-state index contributed by atoms with van der Waals surface area (Å²) in [5, 5.41) is 1.34. The van der Waals surface area contributed by atoms with Crippen LogP contribution in [0.2, 0.25) is 10.0 Å². The summed E-state index contributed by atoms with van der Waals surface area (Å²) in [5.41, 5.74) is 1.81. The largest absolute Gasteiger partial charge is 0.0836 e. The van der Waals surface area contributed by atoms with Gasteiger partial charge in [0.1, 0.15) is 0 Å². The normalized spacial score (nSPS) is 10.5. The van der Waals surface area contributed by atoms with Crippen LogP contribution in [0.1, 0.15) is 0 Å². The van der Waals surface area contributed by atoms with Gasteiger partial charge in [-0.05, 0) is 24.3 Å². The van der Waals surface area contributed by atoms with Gasteiger partial charge in [0, 0.05) is 30.1 Å². The van der Waals surface area contributed by atoms with Crippen LogP contribution in [-0.2, 0) is 0 Å². The van der Waals surface area contributed by atoms with Crippen LogP contribution in [0.3, 0.4) is 0 Å². The van der Waals surface area contributed by atoms with E-state index in [0.29, 0.717) is 10.0 Å². The minimum Gasteiger partial charge on any atom is -0.0836 e. The van der Waals surface area contributed by atoms with E-state index in [4.69, 9.17) is 23.2 Å². The molecule has 2 rings (SSSR count). The Hall–Kier alpha value is -0.0200. The fourth-order valence-corrected chi connectivity index (χ4v) is 3.37. The van der Waals surface area contributed by atoms with Crippen molar-refractivity contribution in [3.63, 3.8) is 0 Å². The first kappa shape index (κ1) is 12.4. The van der Waals surface area contributed by atoms with Crippen LogP contribution in [0, 0.1) is 0 Å². The Kier molecular flexibility index (Phi) is 3.96. The maximum atomic E-state index is 6.20. The van der Waals surface area contributed by atoms with Crippen LogP contribution in [0.15, 0.2) is 45.3 Å². The van der Waals surface area contributed by atoms with Crippen LogP contribution < -0.4 is 0 Å². The molecular formula is C12H6Br2Cl2. The summed E-state index contributed by atoms with van der Waals surface area (Å²) in [6, 6.07) is 11.4. The molecule has 0 aliphatic heterocycles. The van der Waals surface area contributed by atoms with Gasteiger partial charge in [-0.25, -0.2) is 0 Å². The minimum absolute atomic E-state index is 0.670. The van der Waals surface area contributed by atoms with Crippen molar-refractivity contribution in [2.75, 3.05) is 0 Å². The van der Waals surface area contributed by atoms with Crippen LogP contribution in [0.25, 0.3) is 11.1 Å². The van der Waals surface area contributed by atoms with E-state index in [9.17, 15) is 0 Å². The first-order valence-corrected chi connectivity index (χ1v) is 6.84. The predicted octanol–water partition coefficient (Wildman–Crippen LogP) is 6.19. The SMILES string of the molecule is Clc1cccc(Br)c1-c1c(Cl)cccc1Br. The Morgan fingerprint density at radius 2 is 1.06 bits per heavy atom. The van der Waals surface area contributed by atoms with Crippen molar-refractivity contribution < 1.29 is 0 Å². The lowest BCUT2D eigenvalue weighted by Gasteiger charge is -2.11. The topological polar surface area (TPSA) is 0 Å². The van der Waals surface area contributed by atoms with Gasteiger partial charge >= 0.3 is 0 Å². The van der Waals surface area contributed by atoms with Gasteiger partial charge in [0.15, 0.2) is 0 Å². The molecule has 0 atom stereocenters. The van der Waals surface area contributed by atoms with E-state index in [1.165, 1.54) is 0 Å².